The number of ether oxygens (including phenoxy) is 1. The van der Waals surface area contributed by atoms with Crippen LogP contribution in [0.3, 0.4) is 0 Å². The van der Waals surface area contributed by atoms with Crippen molar-refractivity contribution in [2.45, 2.75) is 58.1 Å². The summed E-state index contributed by atoms with van der Waals surface area (Å²) in [4.78, 5) is 21.4. The van der Waals surface area contributed by atoms with Crippen LogP contribution in [0.25, 0.3) is 6.08 Å². The quantitative estimate of drug-likeness (QED) is 0.269. The molecule has 2 fully saturated rings. The Balaban J connectivity index is 1.45. The number of nitrogens with zero attached hydrogens (tertiary/aromatic N) is 2. The topological polar surface area (TPSA) is 41.9 Å². The standard InChI is InChI=1S/C31H30Cl2N2O2S/c1-2-22-10-6-8-14-27(22)34-31-35(24-12-4-3-5-13-24)30(36)29(38-31)19-23-11-7-9-15-28(23)37-20-21-16-17-25(32)26(33)18-21/h6-11,14-19,24H,2-5,12-13,20H2,1H3/b29-19+,34-31?. The van der Waals surface area contributed by atoms with Crippen molar-refractivity contribution in [2.75, 3.05) is 0 Å². The Morgan fingerprint density at radius 2 is 1.76 bits per heavy atom. The van der Waals surface area contributed by atoms with Crippen LogP contribution < -0.4 is 4.74 Å². The SMILES string of the molecule is CCc1ccccc1N=C1S/C(=C/c2ccccc2OCc2ccc(Cl)c(Cl)c2)C(=O)N1C1CCCCC1. The second-order valence-corrected chi connectivity index (χ2v) is 11.4. The van der Waals surface area contributed by atoms with Gasteiger partial charge in [-0.1, -0.05) is 91.9 Å². The number of hydrogen-bond donors (Lipinski definition) is 0. The number of halogens is 2. The molecule has 1 amide bonds. The Kier molecular flexibility index (Phi) is 8.78. The number of hydrogen-bond acceptors (Lipinski definition) is 4. The summed E-state index contributed by atoms with van der Waals surface area (Å²) >= 11 is 13.7. The highest BCUT2D eigenvalue weighted by atomic mass is 35.5. The molecule has 1 aliphatic carbocycles. The summed E-state index contributed by atoms with van der Waals surface area (Å²) in [5, 5.41) is 1.78. The molecule has 1 heterocycles. The van der Waals surface area contributed by atoms with E-state index in [4.69, 9.17) is 32.9 Å². The van der Waals surface area contributed by atoms with Crippen LogP contribution >= 0.6 is 35.0 Å². The zero-order valence-electron chi connectivity index (χ0n) is 21.3. The van der Waals surface area contributed by atoms with Gasteiger partial charge in [0.15, 0.2) is 5.17 Å². The molecule has 1 saturated carbocycles. The van der Waals surface area contributed by atoms with Crippen LogP contribution in [-0.2, 0) is 17.8 Å². The van der Waals surface area contributed by atoms with Crippen LogP contribution in [0.2, 0.25) is 10.0 Å². The molecule has 0 spiro atoms. The third kappa shape index (κ3) is 6.12. The lowest BCUT2D eigenvalue weighted by Crippen LogP contribution is -2.40. The minimum Gasteiger partial charge on any atom is -0.488 e. The largest absolute Gasteiger partial charge is 0.488 e. The van der Waals surface area contributed by atoms with E-state index in [2.05, 4.69) is 13.0 Å². The first kappa shape index (κ1) is 26.9. The van der Waals surface area contributed by atoms with Crippen LogP contribution in [0.1, 0.15) is 55.7 Å². The number of benzene rings is 3. The third-order valence-corrected chi connectivity index (χ3v) is 8.67. The second-order valence-electron chi connectivity index (χ2n) is 9.53. The highest BCUT2D eigenvalue weighted by molar-refractivity contribution is 8.18. The van der Waals surface area contributed by atoms with Crippen molar-refractivity contribution in [3.63, 3.8) is 0 Å². The first-order valence-electron chi connectivity index (χ1n) is 13.1. The lowest BCUT2D eigenvalue weighted by Gasteiger charge is -2.30. The van der Waals surface area contributed by atoms with Gasteiger partial charge in [-0.05, 0) is 72.5 Å². The highest BCUT2D eigenvalue weighted by Gasteiger charge is 2.38. The molecule has 4 nitrogen and oxygen atoms in total. The molecule has 0 unspecified atom stereocenters. The summed E-state index contributed by atoms with van der Waals surface area (Å²) in [5.41, 5.74) is 3.87. The number of amidine groups is 1. The molecule has 3 aromatic rings. The van der Waals surface area contributed by atoms with E-state index in [1.54, 1.807) is 12.1 Å². The van der Waals surface area contributed by atoms with E-state index in [1.165, 1.54) is 23.7 Å². The minimum absolute atomic E-state index is 0.0221. The smallest absolute Gasteiger partial charge is 0.267 e. The van der Waals surface area contributed by atoms with Crippen LogP contribution in [0.15, 0.2) is 76.6 Å². The summed E-state index contributed by atoms with van der Waals surface area (Å²) < 4.78 is 6.15. The van der Waals surface area contributed by atoms with E-state index in [0.29, 0.717) is 27.3 Å². The number of amides is 1. The number of rotatable bonds is 7. The van der Waals surface area contributed by atoms with Crippen molar-refractivity contribution in [3.05, 3.63) is 98.4 Å². The lowest BCUT2D eigenvalue weighted by atomic mass is 9.94. The van der Waals surface area contributed by atoms with Gasteiger partial charge in [0.05, 0.1) is 20.6 Å². The van der Waals surface area contributed by atoms with Crippen molar-refractivity contribution < 1.29 is 9.53 Å². The first-order chi connectivity index (χ1) is 18.5. The molecule has 1 saturated heterocycles. The molecule has 0 bridgehead atoms. The molecule has 0 radical (unpaired) electrons. The maximum absolute atomic E-state index is 13.8. The summed E-state index contributed by atoms with van der Waals surface area (Å²) in [6.07, 6.45) is 8.35. The normalized spacial score (nSPS) is 18.5. The van der Waals surface area contributed by atoms with Gasteiger partial charge in [0.1, 0.15) is 12.4 Å². The Morgan fingerprint density at radius 1 is 1.00 bits per heavy atom. The Bertz CT molecular complexity index is 1380. The molecule has 196 valence electrons. The molecular weight excluding hydrogens is 535 g/mol. The maximum atomic E-state index is 13.8. The van der Waals surface area contributed by atoms with Crippen LogP contribution in [0, 0.1) is 0 Å². The molecule has 3 aromatic carbocycles. The molecule has 1 aliphatic heterocycles. The van der Waals surface area contributed by atoms with Gasteiger partial charge in [-0.3, -0.25) is 9.69 Å². The number of carbonyl (C=O) groups is 1. The molecule has 5 rings (SSSR count). The summed E-state index contributed by atoms with van der Waals surface area (Å²) in [6.45, 7) is 2.47. The molecule has 38 heavy (non-hydrogen) atoms. The number of thioether (sulfide) groups is 1. The number of carbonyl (C=O) groups excluding carboxylic acids is 1. The van der Waals surface area contributed by atoms with Gasteiger partial charge >= 0.3 is 0 Å². The number of para-hydroxylation sites is 2. The van der Waals surface area contributed by atoms with E-state index in [-0.39, 0.29) is 11.9 Å². The lowest BCUT2D eigenvalue weighted by molar-refractivity contribution is -0.124. The van der Waals surface area contributed by atoms with E-state index in [1.807, 2.05) is 59.5 Å². The van der Waals surface area contributed by atoms with Gasteiger partial charge in [-0.25, -0.2) is 4.99 Å². The molecule has 0 N–H and O–H groups in total. The summed E-state index contributed by atoms with van der Waals surface area (Å²) in [6, 6.07) is 21.6. The zero-order valence-corrected chi connectivity index (χ0v) is 23.7. The predicted molar refractivity (Wildman–Crippen MR) is 159 cm³/mol. The van der Waals surface area contributed by atoms with E-state index in [9.17, 15) is 4.79 Å². The van der Waals surface area contributed by atoms with Gasteiger partial charge in [-0.15, -0.1) is 0 Å². The van der Waals surface area contributed by atoms with Gasteiger partial charge in [0.25, 0.3) is 5.91 Å². The van der Waals surface area contributed by atoms with Crippen molar-refractivity contribution in [1.82, 2.24) is 4.90 Å². The highest BCUT2D eigenvalue weighted by Crippen LogP contribution is 2.40. The van der Waals surface area contributed by atoms with Crippen molar-refractivity contribution in [3.8, 4) is 5.75 Å². The monoisotopic (exact) mass is 564 g/mol. The molecule has 2 aliphatic rings. The average Bonchev–Trinajstić information content (AvgIpc) is 3.24. The number of aryl methyl sites for hydroxylation is 1. The fraction of sp³-hybridized carbons (Fsp3) is 0.290. The second kappa shape index (κ2) is 12.4. The zero-order chi connectivity index (χ0) is 26.5. The van der Waals surface area contributed by atoms with Gasteiger partial charge in [0, 0.05) is 11.6 Å². The van der Waals surface area contributed by atoms with Crippen molar-refractivity contribution in [1.29, 1.82) is 0 Å². The maximum Gasteiger partial charge on any atom is 0.267 e. The van der Waals surface area contributed by atoms with Gasteiger partial charge in [-0.2, -0.15) is 0 Å². The fourth-order valence-electron chi connectivity index (χ4n) is 4.91. The van der Waals surface area contributed by atoms with Crippen LogP contribution in [-0.4, -0.2) is 22.0 Å². The Labute approximate surface area is 238 Å². The van der Waals surface area contributed by atoms with E-state index in [0.717, 1.165) is 54.1 Å². The van der Waals surface area contributed by atoms with Crippen LogP contribution in [0.4, 0.5) is 5.69 Å². The van der Waals surface area contributed by atoms with Crippen molar-refractivity contribution in [2.24, 2.45) is 4.99 Å². The average molecular weight is 566 g/mol. The Hall–Kier alpha value is -2.73. The number of aliphatic imine (C=N–C) groups is 1. The van der Waals surface area contributed by atoms with Gasteiger partial charge < -0.3 is 4.74 Å². The minimum atomic E-state index is 0.0221. The summed E-state index contributed by atoms with van der Waals surface area (Å²) in [5.74, 6) is 0.722. The predicted octanol–water partition coefficient (Wildman–Crippen LogP) is 9.07. The van der Waals surface area contributed by atoms with Crippen molar-refractivity contribution >= 4 is 57.8 Å². The van der Waals surface area contributed by atoms with E-state index < -0.39 is 0 Å². The fourth-order valence-corrected chi connectivity index (χ4v) is 6.27. The van der Waals surface area contributed by atoms with Crippen LogP contribution in [0.5, 0.6) is 5.75 Å². The first-order valence-corrected chi connectivity index (χ1v) is 14.7. The summed E-state index contributed by atoms with van der Waals surface area (Å²) in [7, 11) is 0. The third-order valence-electron chi connectivity index (χ3n) is 6.95. The molecule has 7 heteroatoms. The van der Waals surface area contributed by atoms with E-state index >= 15 is 0 Å². The van der Waals surface area contributed by atoms with Gasteiger partial charge in [0.2, 0.25) is 0 Å². The molecular formula is C31H30Cl2N2O2S. The molecule has 0 atom stereocenters. The Morgan fingerprint density at radius 3 is 2.55 bits per heavy atom. The molecule has 0 aromatic heterocycles.